The Kier molecular flexibility index (Phi) is 3.33. The van der Waals surface area contributed by atoms with Crippen LogP contribution in [0.4, 0.5) is 5.82 Å². The third-order valence-electron chi connectivity index (χ3n) is 3.74. The Balaban J connectivity index is 2.28. The quantitative estimate of drug-likeness (QED) is 0.743. The molecule has 90 valence electrons. The lowest BCUT2D eigenvalue weighted by Gasteiger charge is -2.41. The van der Waals surface area contributed by atoms with E-state index in [9.17, 15) is 0 Å². The zero-order valence-electron chi connectivity index (χ0n) is 10.7. The van der Waals surface area contributed by atoms with Crippen LogP contribution in [0.25, 0.3) is 0 Å². The molecule has 1 aromatic rings. The standard InChI is InChI=1S/C14H19N3/c1-10-7-11(2)12(3)17(9-10)14-6-4-5-13(8-15)16-14/h4-6,10-12H,7,9H2,1-3H3. The van der Waals surface area contributed by atoms with E-state index in [0.29, 0.717) is 23.6 Å². The van der Waals surface area contributed by atoms with Gasteiger partial charge in [0.25, 0.3) is 0 Å². The number of hydrogen-bond donors (Lipinski definition) is 0. The van der Waals surface area contributed by atoms with Crippen molar-refractivity contribution in [3.8, 4) is 6.07 Å². The molecule has 0 bridgehead atoms. The van der Waals surface area contributed by atoms with Gasteiger partial charge in [-0.3, -0.25) is 0 Å². The Labute approximate surface area is 103 Å². The van der Waals surface area contributed by atoms with Crippen molar-refractivity contribution in [2.24, 2.45) is 11.8 Å². The summed E-state index contributed by atoms with van der Waals surface area (Å²) >= 11 is 0. The molecule has 1 fully saturated rings. The Hall–Kier alpha value is -1.56. The van der Waals surface area contributed by atoms with Gasteiger partial charge < -0.3 is 4.90 Å². The first-order chi connectivity index (χ1) is 8.11. The number of anilines is 1. The van der Waals surface area contributed by atoms with E-state index in [-0.39, 0.29) is 0 Å². The Bertz CT molecular complexity index is 435. The fraction of sp³-hybridized carbons (Fsp3) is 0.571. The van der Waals surface area contributed by atoms with Crippen LogP contribution in [0.5, 0.6) is 0 Å². The smallest absolute Gasteiger partial charge is 0.142 e. The predicted molar refractivity (Wildman–Crippen MR) is 68.7 cm³/mol. The lowest BCUT2D eigenvalue weighted by Crippen LogP contribution is -2.46. The minimum Gasteiger partial charge on any atom is -0.353 e. The lowest BCUT2D eigenvalue weighted by molar-refractivity contribution is 0.295. The van der Waals surface area contributed by atoms with Gasteiger partial charge in [-0.15, -0.1) is 0 Å². The zero-order chi connectivity index (χ0) is 12.4. The van der Waals surface area contributed by atoms with Crippen LogP contribution in [-0.2, 0) is 0 Å². The summed E-state index contributed by atoms with van der Waals surface area (Å²) in [6.07, 6.45) is 1.27. The highest BCUT2D eigenvalue weighted by Crippen LogP contribution is 2.30. The van der Waals surface area contributed by atoms with E-state index >= 15 is 0 Å². The Morgan fingerprint density at radius 3 is 2.82 bits per heavy atom. The fourth-order valence-corrected chi connectivity index (χ4v) is 2.66. The largest absolute Gasteiger partial charge is 0.353 e. The van der Waals surface area contributed by atoms with Crippen LogP contribution >= 0.6 is 0 Å². The summed E-state index contributed by atoms with van der Waals surface area (Å²) in [6.45, 7) is 7.86. The average Bonchev–Trinajstić information content (AvgIpc) is 2.34. The third-order valence-corrected chi connectivity index (χ3v) is 3.74. The van der Waals surface area contributed by atoms with Crippen LogP contribution in [-0.4, -0.2) is 17.6 Å². The molecule has 17 heavy (non-hydrogen) atoms. The molecular formula is C14H19N3. The molecule has 0 radical (unpaired) electrons. The predicted octanol–water partition coefficient (Wildman–Crippen LogP) is 2.82. The highest BCUT2D eigenvalue weighted by Gasteiger charge is 2.29. The molecule has 1 aliphatic rings. The van der Waals surface area contributed by atoms with Gasteiger partial charge in [0, 0.05) is 12.6 Å². The van der Waals surface area contributed by atoms with Crippen molar-refractivity contribution in [3.63, 3.8) is 0 Å². The molecule has 1 aromatic heterocycles. The van der Waals surface area contributed by atoms with Gasteiger partial charge in [-0.25, -0.2) is 4.98 Å². The first-order valence-electron chi connectivity index (χ1n) is 6.25. The van der Waals surface area contributed by atoms with Gasteiger partial charge in [-0.05, 0) is 37.3 Å². The van der Waals surface area contributed by atoms with Gasteiger partial charge in [0.2, 0.25) is 0 Å². The SMILES string of the molecule is CC1CC(C)C(C)N(c2cccc(C#N)n2)C1. The number of hydrogen-bond acceptors (Lipinski definition) is 3. The van der Waals surface area contributed by atoms with Crippen LogP contribution in [0.1, 0.15) is 32.9 Å². The molecule has 2 rings (SSSR count). The van der Waals surface area contributed by atoms with Crippen LogP contribution in [0.3, 0.4) is 0 Å². The normalized spacial score (nSPS) is 28.8. The topological polar surface area (TPSA) is 39.9 Å². The highest BCUT2D eigenvalue weighted by molar-refractivity contribution is 5.43. The van der Waals surface area contributed by atoms with E-state index in [1.165, 1.54) is 6.42 Å². The van der Waals surface area contributed by atoms with Crippen molar-refractivity contribution in [1.82, 2.24) is 4.98 Å². The lowest BCUT2D eigenvalue weighted by atomic mass is 9.86. The number of aromatic nitrogens is 1. The molecule has 0 amide bonds. The number of pyridine rings is 1. The molecular weight excluding hydrogens is 210 g/mol. The van der Waals surface area contributed by atoms with Crippen LogP contribution in [0, 0.1) is 23.2 Å². The summed E-state index contributed by atoms with van der Waals surface area (Å²) in [7, 11) is 0. The first-order valence-corrected chi connectivity index (χ1v) is 6.25. The van der Waals surface area contributed by atoms with Crippen molar-refractivity contribution in [2.75, 3.05) is 11.4 Å². The van der Waals surface area contributed by atoms with Gasteiger partial charge >= 0.3 is 0 Å². The average molecular weight is 229 g/mol. The second-order valence-corrected chi connectivity index (χ2v) is 5.20. The number of piperidine rings is 1. The zero-order valence-corrected chi connectivity index (χ0v) is 10.7. The van der Waals surface area contributed by atoms with Crippen LogP contribution in [0.15, 0.2) is 18.2 Å². The summed E-state index contributed by atoms with van der Waals surface area (Å²) in [5, 5.41) is 8.90. The van der Waals surface area contributed by atoms with E-state index in [0.717, 1.165) is 12.4 Å². The summed E-state index contributed by atoms with van der Waals surface area (Å²) in [5.74, 6) is 2.30. The maximum atomic E-state index is 8.90. The first kappa shape index (κ1) is 11.9. The summed E-state index contributed by atoms with van der Waals surface area (Å²) in [5.41, 5.74) is 0.501. The summed E-state index contributed by atoms with van der Waals surface area (Å²) in [6, 6.07) is 8.27. The molecule has 2 heterocycles. The molecule has 3 heteroatoms. The van der Waals surface area contributed by atoms with Crippen LogP contribution < -0.4 is 4.90 Å². The second-order valence-electron chi connectivity index (χ2n) is 5.20. The summed E-state index contributed by atoms with van der Waals surface area (Å²) < 4.78 is 0. The molecule has 0 N–H and O–H groups in total. The number of nitriles is 1. The molecule has 0 aromatic carbocycles. The fourth-order valence-electron chi connectivity index (χ4n) is 2.66. The van der Waals surface area contributed by atoms with E-state index in [1.807, 2.05) is 12.1 Å². The Morgan fingerprint density at radius 2 is 2.12 bits per heavy atom. The van der Waals surface area contributed by atoms with Gasteiger partial charge in [0.15, 0.2) is 0 Å². The summed E-state index contributed by atoms with van der Waals surface area (Å²) in [4.78, 5) is 6.73. The number of nitrogens with zero attached hydrogens (tertiary/aromatic N) is 3. The van der Waals surface area contributed by atoms with E-state index in [2.05, 4.69) is 36.7 Å². The Morgan fingerprint density at radius 1 is 1.35 bits per heavy atom. The maximum Gasteiger partial charge on any atom is 0.142 e. The van der Waals surface area contributed by atoms with E-state index in [1.54, 1.807) is 6.07 Å². The van der Waals surface area contributed by atoms with Crippen molar-refractivity contribution >= 4 is 5.82 Å². The van der Waals surface area contributed by atoms with Crippen LogP contribution in [0.2, 0.25) is 0 Å². The minimum absolute atomic E-state index is 0.493. The molecule has 0 spiro atoms. The van der Waals surface area contributed by atoms with Crippen molar-refractivity contribution in [1.29, 1.82) is 5.26 Å². The van der Waals surface area contributed by atoms with Crippen molar-refractivity contribution in [3.05, 3.63) is 23.9 Å². The van der Waals surface area contributed by atoms with Crippen molar-refractivity contribution < 1.29 is 0 Å². The molecule has 0 aliphatic carbocycles. The van der Waals surface area contributed by atoms with E-state index in [4.69, 9.17) is 5.26 Å². The molecule has 0 saturated carbocycles. The molecule has 1 saturated heterocycles. The van der Waals surface area contributed by atoms with E-state index < -0.39 is 0 Å². The van der Waals surface area contributed by atoms with Gasteiger partial charge in [0.1, 0.15) is 17.6 Å². The molecule has 1 aliphatic heterocycles. The molecule has 3 unspecified atom stereocenters. The van der Waals surface area contributed by atoms with Crippen molar-refractivity contribution in [2.45, 2.75) is 33.2 Å². The number of rotatable bonds is 1. The molecule has 3 atom stereocenters. The van der Waals surface area contributed by atoms with Gasteiger partial charge in [-0.2, -0.15) is 5.26 Å². The third kappa shape index (κ3) is 2.41. The monoisotopic (exact) mass is 229 g/mol. The maximum absolute atomic E-state index is 8.90. The van der Waals surface area contributed by atoms with Gasteiger partial charge in [-0.1, -0.05) is 19.9 Å². The minimum atomic E-state index is 0.493. The second kappa shape index (κ2) is 4.75. The molecule has 3 nitrogen and oxygen atoms in total. The van der Waals surface area contributed by atoms with Gasteiger partial charge in [0.05, 0.1) is 0 Å². The highest BCUT2D eigenvalue weighted by atomic mass is 15.2.